The Kier molecular flexibility index (Phi) is 4.67. The van der Waals surface area contributed by atoms with Gasteiger partial charge in [0.05, 0.1) is 5.02 Å². The number of nitrogens with one attached hydrogen (secondary N) is 1. The maximum Gasteiger partial charge on any atom is 0.123 e. The van der Waals surface area contributed by atoms with E-state index >= 15 is 0 Å². The molecule has 0 radical (unpaired) electrons. The molecule has 94 valence electrons. The average molecular weight is 265 g/mol. The van der Waals surface area contributed by atoms with Gasteiger partial charge in [0.15, 0.2) is 0 Å². The zero-order valence-corrected chi connectivity index (χ0v) is 10.6. The van der Waals surface area contributed by atoms with Crippen molar-refractivity contribution in [1.29, 1.82) is 0 Å². The van der Waals surface area contributed by atoms with Crippen LogP contribution in [0.25, 0.3) is 0 Å². The highest BCUT2D eigenvalue weighted by Gasteiger charge is 1.99. The third-order valence-corrected chi connectivity index (χ3v) is 3.02. The first kappa shape index (κ1) is 13.0. The highest BCUT2D eigenvalue weighted by molar-refractivity contribution is 6.31. The van der Waals surface area contributed by atoms with Gasteiger partial charge in [0.1, 0.15) is 5.82 Å². The molecule has 0 aliphatic rings. The zero-order valence-electron chi connectivity index (χ0n) is 9.87. The molecule has 0 spiro atoms. The second-order valence-corrected chi connectivity index (χ2v) is 4.43. The smallest absolute Gasteiger partial charge is 0.123 e. The van der Waals surface area contributed by atoms with Gasteiger partial charge < -0.3 is 5.32 Å². The van der Waals surface area contributed by atoms with Crippen LogP contribution in [0.15, 0.2) is 42.7 Å². The molecule has 1 aromatic heterocycles. The lowest BCUT2D eigenvalue weighted by molar-refractivity contribution is 0.626. The summed E-state index contributed by atoms with van der Waals surface area (Å²) in [5, 5.41) is 3.97. The zero-order chi connectivity index (χ0) is 12.8. The van der Waals surface area contributed by atoms with Gasteiger partial charge in [-0.1, -0.05) is 23.7 Å². The Hall–Kier alpha value is -1.45. The van der Waals surface area contributed by atoms with Gasteiger partial charge in [-0.3, -0.25) is 4.98 Å². The van der Waals surface area contributed by atoms with Gasteiger partial charge in [0, 0.05) is 18.9 Å². The van der Waals surface area contributed by atoms with Crippen LogP contribution in [0, 0.1) is 5.82 Å². The minimum atomic E-state index is -0.199. The maximum atomic E-state index is 12.7. The van der Waals surface area contributed by atoms with Gasteiger partial charge in [-0.15, -0.1) is 0 Å². The lowest BCUT2D eigenvalue weighted by Gasteiger charge is -2.06. The average Bonchev–Trinajstić information content (AvgIpc) is 2.39. The van der Waals surface area contributed by atoms with Crippen LogP contribution in [0.1, 0.15) is 11.1 Å². The highest BCUT2D eigenvalue weighted by atomic mass is 35.5. The quantitative estimate of drug-likeness (QED) is 0.839. The molecule has 0 bridgehead atoms. The predicted octanol–water partition coefficient (Wildman–Crippen LogP) is 3.21. The lowest BCUT2D eigenvalue weighted by atomic mass is 10.1. The van der Waals surface area contributed by atoms with E-state index in [9.17, 15) is 4.39 Å². The Morgan fingerprint density at radius 3 is 2.67 bits per heavy atom. The van der Waals surface area contributed by atoms with E-state index in [1.807, 2.05) is 6.07 Å². The number of benzene rings is 1. The van der Waals surface area contributed by atoms with Crippen LogP contribution < -0.4 is 5.32 Å². The Bertz CT molecular complexity index is 499. The molecule has 4 heteroatoms. The minimum absolute atomic E-state index is 0.199. The topological polar surface area (TPSA) is 24.9 Å². The summed E-state index contributed by atoms with van der Waals surface area (Å²) >= 11 is 5.99. The minimum Gasteiger partial charge on any atom is -0.312 e. The van der Waals surface area contributed by atoms with Crippen LogP contribution in [0.5, 0.6) is 0 Å². The fraction of sp³-hybridized carbons (Fsp3) is 0.214. The first-order valence-corrected chi connectivity index (χ1v) is 6.17. The Labute approximate surface area is 111 Å². The number of halogens is 2. The molecule has 2 rings (SSSR count). The van der Waals surface area contributed by atoms with Crippen molar-refractivity contribution in [3.63, 3.8) is 0 Å². The van der Waals surface area contributed by atoms with Crippen molar-refractivity contribution in [2.24, 2.45) is 0 Å². The second-order valence-electron chi connectivity index (χ2n) is 4.02. The van der Waals surface area contributed by atoms with Crippen molar-refractivity contribution in [3.05, 3.63) is 64.7 Å². The molecule has 1 heterocycles. The second kappa shape index (κ2) is 6.47. The fourth-order valence-corrected chi connectivity index (χ4v) is 1.84. The Balaban J connectivity index is 1.76. The summed E-state index contributed by atoms with van der Waals surface area (Å²) in [6.07, 6.45) is 4.23. The number of pyridine rings is 1. The van der Waals surface area contributed by atoms with Crippen LogP contribution in [-0.4, -0.2) is 11.5 Å². The normalized spacial score (nSPS) is 10.6. The summed E-state index contributed by atoms with van der Waals surface area (Å²) < 4.78 is 12.7. The maximum absolute atomic E-state index is 12.7. The van der Waals surface area contributed by atoms with Gasteiger partial charge in [0.2, 0.25) is 0 Å². The molecule has 0 aliphatic carbocycles. The van der Waals surface area contributed by atoms with Crippen molar-refractivity contribution in [1.82, 2.24) is 10.3 Å². The van der Waals surface area contributed by atoms with Crippen LogP contribution >= 0.6 is 11.6 Å². The summed E-state index contributed by atoms with van der Waals surface area (Å²) in [5.41, 5.74) is 2.15. The molecule has 0 fully saturated rings. The van der Waals surface area contributed by atoms with E-state index in [1.54, 1.807) is 24.5 Å². The molecule has 0 atom stereocenters. The molecular weight excluding hydrogens is 251 g/mol. The Morgan fingerprint density at radius 2 is 1.94 bits per heavy atom. The van der Waals surface area contributed by atoms with Crippen molar-refractivity contribution in [2.75, 3.05) is 6.54 Å². The van der Waals surface area contributed by atoms with Gasteiger partial charge in [-0.25, -0.2) is 4.39 Å². The fourth-order valence-electron chi connectivity index (χ4n) is 1.65. The first-order valence-electron chi connectivity index (χ1n) is 5.79. The van der Waals surface area contributed by atoms with E-state index in [4.69, 9.17) is 11.6 Å². The van der Waals surface area contributed by atoms with Gasteiger partial charge in [-0.2, -0.15) is 0 Å². The lowest BCUT2D eigenvalue weighted by Crippen LogP contribution is -2.16. The molecule has 2 nitrogen and oxygen atoms in total. The number of aromatic nitrogens is 1. The SMILES string of the molecule is Fc1ccc(CCNCc2ccncc2Cl)cc1. The van der Waals surface area contributed by atoms with Crippen molar-refractivity contribution in [3.8, 4) is 0 Å². The van der Waals surface area contributed by atoms with Crippen molar-refractivity contribution >= 4 is 11.6 Å². The van der Waals surface area contributed by atoms with Gasteiger partial charge in [0.25, 0.3) is 0 Å². The molecular formula is C14H14ClFN2. The standard InChI is InChI=1S/C14H14ClFN2/c15-14-10-18-8-6-12(14)9-17-7-5-11-1-3-13(16)4-2-11/h1-4,6,8,10,17H,5,7,9H2. The Morgan fingerprint density at radius 1 is 1.17 bits per heavy atom. The highest BCUT2D eigenvalue weighted by Crippen LogP contribution is 2.12. The summed E-state index contributed by atoms with van der Waals surface area (Å²) in [4.78, 5) is 3.93. The van der Waals surface area contributed by atoms with E-state index in [2.05, 4.69) is 10.3 Å². The molecule has 0 unspecified atom stereocenters. The predicted molar refractivity (Wildman–Crippen MR) is 71.1 cm³/mol. The molecule has 18 heavy (non-hydrogen) atoms. The molecule has 0 saturated heterocycles. The van der Waals surface area contributed by atoms with Crippen molar-refractivity contribution in [2.45, 2.75) is 13.0 Å². The molecule has 1 N–H and O–H groups in total. The van der Waals surface area contributed by atoms with Crippen LogP contribution in [0.3, 0.4) is 0 Å². The van der Waals surface area contributed by atoms with Crippen LogP contribution in [0.2, 0.25) is 5.02 Å². The molecule has 2 aromatic rings. The number of nitrogens with zero attached hydrogens (tertiary/aromatic N) is 1. The summed E-state index contributed by atoms with van der Waals surface area (Å²) in [6.45, 7) is 1.53. The number of hydrogen-bond acceptors (Lipinski definition) is 2. The molecule has 0 amide bonds. The number of rotatable bonds is 5. The largest absolute Gasteiger partial charge is 0.312 e. The number of hydrogen-bond donors (Lipinski definition) is 1. The summed E-state index contributed by atoms with van der Waals surface area (Å²) in [5.74, 6) is -0.199. The third-order valence-electron chi connectivity index (χ3n) is 2.68. The first-order chi connectivity index (χ1) is 8.75. The molecule has 1 aromatic carbocycles. The van der Waals surface area contributed by atoms with Gasteiger partial charge >= 0.3 is 0 Å². The van der Waals surface area contributed by atoms with Gasteiger partial charge in [-0.05, 0) is 42.3 Å². The summed E-state index contributed by atoms with van der Waals surface area (Å²) in [7, 11) is 0. The molecule has 0 aliphatic heterocycles. The van der Waals surface area contributed by atoms with Crippen LogP contribution in [-0.2, 0) is 13.0 Å². The van der Waals surface area contributed by atoms with E-state index < -0.39 is 0 Å². The van der Waals surface area contributed by atoms with Crippen molar-refractivity contribution < 1.29 is 4.39 Å². The van der Waals surface area contributed by atoms with E-state index in [0.29, 0.717) is 11.6 Å². The molecule has 0 saturated carbocycles. The third kappa shape index (κ3) is 3.79. The summed E-state index contributed by atoms with van der Waals surface area (Å²) in [6, 6.07) is 8.46. The van der Waals surface area contributed by atoms with E-state index in [-0.39, 0.29) is 5.82 Å². The van der Waals surface area contributed by atoms with E-state index in [0.717, 1.165) is 24.1 Å². The monoisotopic (exact) mass is 264 g/mol. The van der Waals surface area contributed by atoms with E-state index in [1.165, 1.54) is 12.1 Å². The van der Waals surface area contributed by atoms with Crippen LogP contribution in [0.4, 0.5) is 4.39 Å².